The van der Waals surface area contributed by atoms with Crippen LogP contribution in [-0.2, 0) is 14.3 Å². The fourth-order valence-electron chi connectivity index (χ4n) is 2.86. The third kappa shape index (κ3) is 1.98. The minimum atomic E-state index is -0.219. The van der Waals surface area contributed by atoms with Crippen LogP contribution in [-0.4, -0.2) is 25.0 Å². The molecule has 0 aliphatic carbocycles. The third-order valence-electron chi connectivity index (χ3n) is 3.67. The summed E-state index contributed by atoms with van der Waals surface area (Å²) in [5, 5.41) is 2.45. The van der Waals surface area contributed by atoms with E-state index < -0.39 is 0 Å². The maximum absolute atomic E-state index is 11.9. The van der Waals surface area contributed by atoms with Gasteiger partial charge in [-0.15, -0.1) is 0 Å². The lowest BCUT2D eigenvalue weighted by Gasteiger charge is -2.39. The summed E-state index contributed by atoms with van der Waals surface area (Å²) < 4.78 is 5.41. The highest BCUT2D eigenvalue weighted by molar-refractivity contribution is 5.99. The van der Waals surface area contributed by atoms with Crippen LogP contribution < -0.4 is 5.32 Å². The molecule has 1 spiro atoms. The van der Waals surface area contributed by atoms with Crippen LogP contribution in [0.1, 0.15) is 33.1 Å². The highest BCUT2D eigenvalue weighted by Gasteiger charge is 2.50. The number of amides is 2. The van der Waals surface area contributed by atoms with Crippen LogP contribution in [0, 0.1) is 17.3 Å². The van der Waals surface area contributed by atoms with Gasteiger partial charge in [0, 0.05) is 24.4 Å². The van der Waals surface area contributed by atoms with E-state index in [0.717, 1.165) is 12.8 Å². The molecule has 16 heavy (non-hydrogen) atoms. The molecule has 90 valence electrons. The summed E-state index contributed by atoms with van der Waals surface area (Å²) in [7, 11) is 0. The van der Waals surface area contributed by atoms with Crippen LogP contribution in [0.3, 0.4) is 0 Å². The van der Waals surface area contributed by atoms with E-state index in [1.54, 1.807) is 0 Å². The Bertz CT molecular complexity index is 305. The van der Waals surface area contributed by atoms with Gasteiger partial charge in [0.2, 0.25) is 11.8 Å². The maximum atomic E-state index is 11.9. The minimum Gasteiger partial charge on any atom is -0.381 e. The molecular weight excluding hydrogens is 206 g/mol. The van der Waals surface area contributed by atoms with Gasteiger partial charge in [0.25, 0.3) is 0 Å². The van der Waals surface area contributed by atoms with E-state index in [0.29, 0.717) is 25.6 Å². The Kier molecular flexibility index (Phi) is 3.02. The molecule has 2 atom stereocenters. The van der Waals surface area contributed by atoms with Crippen LogP contribution in [0.4, 0.5) is 0 Å². The first kappa shape index (κ1) is 11.6. The van der Waals surface area contributed by atoms with E-state index in [2.05, 4.69) is 19.2 Å². The Labute approximate surface area is 95.7 Å². The second-order valence-corrected chi connectivity index (χ2v) is 5.44. The number of nitrogens with one attached hydrogen (secondary N) is 1. The smallest absolute Gasteiger partial charge is 0.230 e. The number of carbonyl (C=O) groups excluding carboxylic acids is 2. The van der Waals surface area contributed by atoms with Crippen molar-refractivity contribution in [3.05, 3.63) is 0 Å². The molecule has 2 heterocycles. The van der Waals surface area contributed by atoms with Crippen LogP contribution >= 0.6 is 0 Å². The van der Waals surface area contributed by atoms with Crippen molar-refractivity contribution in [3.8, 4) is 0 Å². The molecule has 2 saturated heterocycles. The largest absolute Gasteiger partial charge is 0.381 e. The molecular formula is C12H19NO3. The Morgan fingerprint density at radius 2 is 2.25 bits per heavy atom. The number of imide groups is 1. The quantitative estimate of drug-likeness (QED) is 0.716. The molecule has 2 rings (SSSR count). The van der Waals surface area contributed by atoms with Gasteiger partial charge in [-0.25, -0.2) is 0 Å². The number of ether oxygens (including phenoxy) is 1. The van der Waals surface area contributed by atoms with Crippen LogP contribution in [0.25, 0.3) is 0 Å². The van der Waals surface area contributed by atoms with Crippen LogP contribution in [0.5, 0.6) is 0 Å². The van der Waals surface area contributed by atoms with Crippen molar-refractivity contribution in [3.63, 3.8) is 0 Å². The third-order valence-corrected chi connectivity index (χ3v) is 3.67. The lowest BCUT2D eigenvalue weighted by molar-refractivity contribution is -0.144. The zero-order valence-electron chi connectivity index (χ0n) is 9.91. The van der Waals surface area contributed by atoms with Crippen molar-refractivity contribution in [1.29, 1.82) is 0 Å². The van der Waals surface area contributed by atoms with E-state index in [4.69, 9.17) is 4.74 Å². The van der Waals surface area contributed by atoms with E-state index in [-0.39, 0.29) is 23.1 Å². The SMILES string of the molecule is CC(C)CC1C(=O)NC(=O)CC12CCOC2. The molecule has 2 aliphatic rings. The number of rotatable bonds is 2. The summed E-state index contributed by atoms with van der Waals surface area (Å²) in [5.41, 5.74) is -0.219. The molecule has 2 aliphatic heterocycles. The van der Waals surface area contributed by atoms with Crippen molar-refractivity contribution in [1.82, 2.24) is 5.32 Å². The van der Waals surface area contributed by atoms with Gasteiger partial charge in [0.15, 0.2) is 0 Å². The first-order valence-electron chi connectivity index (χ1n) is 5.95. The molecule has 4 nitrogen and oxygen atoms in total. The molecule has 0 bridgehead atoms. The predicted molar refractivity (Wildman–Crippen MR) is 58.6 cm³/mol. The summed E-state index contributed by atoms with van der Waals surface area (Å²) >= 11 is 0. The van der Waals surface area contributed by atoms with E-state index in [1.165, 1.54) is 0 Å². The Hall–Kier alpha value is -0.900. The van der Waals surface area contributed by atoms with Gasteiger partial charge in [-0.3, -0.25) is 14.9 Å². The Morgan fingerprint density at radius 1 is 1.50 bits per heavy atom. The van der Waals surface area contributed by atoms with Gasteiger partial charge in [-0.2, -0.15) is 0 Å². The van der Waals surface area contributed by atoms with Crippen molar-refractivity contribution < 1.29 is 14.3 Å². The maximum Gasteiger partial charge on any atom is 0.230 e. The first-order chi connectivity index (χ1) is 7.53. The number of piperidine rings is 1. The van der Waals surface area contributed by atoms with Gasteiger partial charge in [-0.1, -0.05) is 13.8 Å². The highest BCUT2D eigenvalue weighted by Crippen LogP contribution is 2.44. The summed E-state index contributed by atoms with van der Waals surface area (Å²) in [6, 6.07) is 0. The normalized spacial score (nSPS) is 34.8. The fraction of sp³-hybridized carbons (Fsp3) is 0.833. The summed E-state index contributed by atoms with van der Waals surface area (Å²) in [6.07, 6.45) is 2.11. The predicted octanol–water partition coefficient (Wildman–Crippen LogP) is 1.10. The van der Waals surface area contributed by atoms with E-state index in [1.807, 2.05) is 0 Å². The van der Waals surface area contributed by atoms with Crippen LogP contribution in [0.2, 0.25) is 0 Å². The molecule has 1 N–H and O–H groups in total. The molecule has 0 aromatic rings. The van der Waals surface area contributed by atoms with Crippen LogP contribution in [0.15, 0.2) is 0 Å². The Morgan fingerprint density at radius 3 is 2.81 bits per heavy atom. The van der Waals surface area contributed by atoms with Gasteiger partial charge >= 0.3 is 0 Å². The molecule has 0 saturated carbocycles. The van der Waals surface area contributed by atoms with Crippen molar-refractivity contribution in [2.75, 3.05) is 13.2 Å². The van der Waals surface area contributed by atoms with Gasteiger partial charge in [-0.05, 0) is 18.8 Å². The average molecular weight is 225 g/mol. The van der Waals surface area contributed by atoms with Gasteiger partial charge in [0.05, 0.1) is 6.61 Å². The molecule has 2 fully saturated rings. The number of hydrogen-bond donors (Lipinski definition) is 1. The van der Waals surface area contributed by atoms with Crippen molar-refractivity contribution >= 4 is 11.8 Å². The standard InChI is InChI=1S/C12H19NO3/c1-8(2)5-9-11(15)13-10(14)6-12(9)3-4-16-7-12/h8-9H,3-7H2,1-2H3,(H,13,14,15). The fourth-order valence-corrected chi connectivity index (χ4v) is 2.86. The van der Waals surface area contributed by atoms with Crippen molar-refractivity contribution in [2.24, 2.45) is 17.3 Å². The molecule has 0 radical (unpaired) electrons. The monoisotopic (exact) mass is 225 g/mol. The molecule has 4 heteroatoms. The molecule has 2 amide bonds. The topological polar surface area (TPSA) is 55.4 Å². The van der Waals surface area contributed by atoms with Gasteiger partial charge < -0.3 is 4.74 Å². The molecule has 0 aromatic carbocycles. The van der Waals surface area contributed by atoms with E-state index >= 15 is 0 Å². The average Bonchev–Trinajstić information content (AvgIpc) is 2.60. The summed E-state index contributed by atoms with van der Waals surface area (Å²) in [5.74, 6) is 0.153. The number of carbonyl (C=O) groups is 2. The second-order valence-electron chi connectivity index (χ2n) is 5.44. The molecule has 2 unspecified atom stereocenters. The molecule has 0 aromatic heterocycles. The summed E-state index contributed by atoms with van der Waals surface area (Å²) in [4.78, 5) is 23.4. The summed E-state index contributed by atoms with van der Waals surface area (Å²) in [6.45, 7) is 5.44. The minimum absolute atomic E-state index is 0.0623. The second kappa shape index (κ2) is 4.17. The lowest BCUT2D eigenvalue weighted by atomic mass is 9.67. The number of hydrogen-bond acceptors (Lipinski definition) is 3. The highest BCUT2D eigenvalue weighted by atomic mass is 16.5. The lowest BCUT2D eigenvalue weighted by Crippen LogP contribution is -2.52. The Balaban J connectivity index is 2.22. The zero-order chi connectivity index (χ0) is 11.8. The first-order valence-corrected chi connectivity index (χ1v) is 5.95. The van der Waals surface area contributed by atoms with E-state index in [9.17, 15) is 9.59 Å². The zero-order valence-corrected chi connectivity index (χ0v) is 9.91. The van der Waals surface area contributed by atoms with Gasteiger partial charge in [0.1, 0.15) is 0 Å². The van der Waals surface area contributed by atoms with Crippen molar-refractivity contribution in [2.45, 2.75) is 33.1 Å².